The molecule has 0 aliphatic carbocycles. The summed E-state index contributed by atoms with van der Waals surface area (Å²) in [5.41, 5.74) is 5.79. The van der Waals surface area contributed by atoms with E-state index in [9.17, 15) is 0 Å². The van der Waals surface area contributed by atoms with Gasteiger partial charge in [0, 0.05) is 12.4 Å². The molecule has 1 aliphatic heterocycles. The molecule has 0 spiro atoms. The zero-order valence-corrected chi connectivity index (χ0v) is 7.79. The maximum absolute atomic E-state index is 5.44. The molecule has 2 N–H and O–H groups in total. The third kappa shape index (κ3) is 2.78. The van der Waals surface area contributed by atoms with Gasteiger partial charge in [-0.25, -0.2) is 0 Å². The Morgan fingerprint density at radius 3 is 2.92 bits per heavy atom. The lowest BCUT2D eigenvalue weighted by Gasteiger charge is -2.25. The first-order valence-corrected chi connectivity index (χ1v) is 4.66. The van der Waals surface area contributed by atoms with E-state index < -0.39 is 0 Å². The predicted octanol–water partition coefficient (Wildman–Crippen LogP) is 2.11. The van der Waals surface area contributed by atoms with Gasteiger partial charge in [0.15, 0.2) is 0 Å². The first-order valence-electron chi connectivity index (χ1n) is 4.66. The molecule has 0 radical (unpaired) electrons. The highest BCUT2D eigenvalue weighted by Gasteiger charge is 2.20. The lowest BCUT2D eigenvalue weighted by Crippen LogP contribution is -2.16. The molecule has 2 nitrogen and oxygen atoms in total. The van der Waals surface area contributed by atoms with Crippen LogP contribution in [0.3, 0.4) is 0 Å². The van der Waals surface area contributed by atoms with E-state index in [1.807, 2.05) is 12.4 Å². The van der Waals surface area contributed by atoms with Gasteiger partial charge in [0.2, 0.25) is 0 Å². The van der Waals surface area contributed by atoms with E-state index in [0.717, 1.165) is 19.4 Å². The molecule has 1 heterocycles. The van der Waals surface area contributed by atoms with E-state index in [-0.39, 0.29) is 0 Å². The van der Waals surface area contributed by atoms with Gasteiger partial charge in [-0.1, -0.05) is 19.4 Å². The zero-order valence-electron chi connectivity index (χ0n) is 7.79. The molecule has 1 aliphatic rings. The number of hydrogen-bond donors (Lipinski definition) is 1. The molecular weight excluding hydrogens is 148 g/mol. The highest BCUT2D eigenvalue weighted by Crippen LogP contribution is 2.30. The molecule has 1 unspecified atom stereocenters. The van der Waals surface area contributed by atoms with Gasteiger partial charge >= 0.3 is 0 Å². The lowest BCUT2D eigenvalue weighted by atomic mass is 9.81. The molecule has 1 rings (SSSR count). The number of aliphatic imine (C=N–C) groups is 1. The lowest BCUT2D eigenvalue weighted by molar-refractivity contribution is 0.388. The topological polar surface area (TPSA) is 38.4 Å². The van der Waals surface area contributed by atoms with Crippen molar-refractivity contribution >= 4 is 6.21 Å². The Balaban J connectivity index is 2.29. The third-order valence-corrected chi connectivity index (χ3v) is 2.43. The molecule has 0 saturated heterocycles. The standard InChI is InChI=1S/C10H18N2/c1-10(4-2-3-7-11)5-8-12-9-6-10/h5,8-9H,2-4,6-7,11H2,1H3. The minimum atomic E-state index is 0.344. The molecule has 0 fully saturated rings. The molecule has 2 heteroatoms. The second-order valence-electron chi connectivity index (χ2n) is 3.75. The van der Waals surface area contributed by atoms with Crippen molar-refractivity contribution in [2.24, 2.45) is 16.1 Å². The van der Waals surface area contributed by atoms with Crippen LogP contribution in [-0.2, 0) is 0 Å². The minimum absolute atomic E-state index is 0.344. The van der Waals surface area contributed by atoms with Crippen molar-refractivity contribution in [3.63, 3.8) is 0 Å². The maximum Gasteiger partial charge on any atom is 0.0229 e. The summed E-state index contributed by atoms with van der Waals surface area (Å²) in [5, 5.41) is 0. The summed E-state index contributed by atoms with van der Waals surface area (Å²) in [6, 6.07) is 0. The monoisotopic (exact) mass is 166 g/mol. The second kappa shape index (κ2) is 4.41. The fourth-order valence-corrected chi connectivity index (χ4v) is 1.47. The van der Waals surface area contributed by atoms with Crippen LogP contribution in [0.15, 0.2) is 17.3 Å². The van der Waals surface area contributed by atoms with Crippen molar-refractivity contribution in [2.45, 2.75) is 32.6 Å². The van der Waals surface area contributed by atoms with Crippen molar-refractivity contribution in [2.75, 3.05) is 6.54 Å². The summed E-state index contributed by atoms with van der Waals surface area (Å²) in [5.74, 6) is 0. The summed E-state index contributed by atoms with van der Waals surface area (Å²) in [4.78, 5) is 4.07. The molecule has 0 bridgehead atoms. The van der Waals surface area contributed by atoms with Crippen LogP contribution in [-0.4, -0.2) is 12.8 Å². The van der Waals surface area contributed by atoms with Crippen LogP contribution in [0.25, 0.3) is 0 Å². The summed E-state index contributed by atoms with van der Waals surface area (Å²) < 4.78 is 0. The molecule has 0 amide bonds. The Kier molecular flexibility index (Phi) is 3.48. The molecule has 0 aromatic rings. The van der Waals surface area contributed by atoms with E-state index in [1.165, 1.54) is 12.8 Å². The average Bonchev–Trinajstić information content (AvgIpc) is 2.06. The van der Waals surface area contributed by atoms with E-state index in [0.29, 0.717) is 5.41 Å². The number of nitrogens with zero attached hydrogens (tertiary/aromatic N) is 1. The predicted molar refractivity (Wildman–Crippen MR) is 53.3 cm³/mol. The van der Waals surface area contributed by atoms with Crippen LogP contribution < -0.4 is 5.73 Å². The number of hydrogen-bond acceptors (Lipinski definition) is 2. The Morgan fingerprint density at radius 2 is 2.33 bits per heavy atom. The van der Waals surface area contributed by atoms with E-state index in [2.05, 4.69) is 18.0 Å². The average molecular weight is 166 g/mol. The van der Waals surface area contributed by atoms with Crippen LogP contribution >= 0.6 is 0 Å². The van der Waals surface area contributed by atoms with E-state index in [4.69, 9.17) is 5.73 Å². The molecule has 0 saturated carbocycles. The molecule has 68 valence electrons. The number of nitrogens with two attached hydrogens (primary N) is 1. The number of unbranched alkanes of at least 4 members (excludes halogenated alkanes) is 1. The quantitative estimate of drug-likeness (QED) is 0.638. The highest BCUT2D eigenvalue weighted by molar-refractivity contribution is 5.61. The van der Waals surface area contributed by atoms with Gasteiger partial charge in [-0.05, 0) is 31.2 Å². The number of rotatable bonds is 4. The van der Waals surface area contributed by atoms with Gasteiger partial charge in [0.25, 0.3) is 0 Å². The third-order valence-electron chi connectivity index (χ3n) is 2.43. The summed E-state index contributed by atoms with van der Waals surface area (Å²) in [6.07, 6.45) is 10.8. The first-order chi connectivity index (χ1) is 5.77. The fraction of sp³-hybridized carbons (Fsp3) is 0.700. The normalized spacial score (nSPS) is 27.8. The van der Waals surface area contributed by atoms with Crippen molar-refractivity contribution in [3.05, 3.63) is 12.3 Å². The number of allylic oxidation sites excluding steroid dienone is 1. The molecule has 1 atom stereocenters. The van der Waals surface area contributed by atoms with Gasteiger partial charge in [0.05, 0.1) is 0 Å². The zero-order chi connectivity index (χ0) is 8.86. The fourth-order valence-electron chi connectivity index (χ4n) is 1.47. The van der Waals surface area contributed by atoms with Crippen LogP contribution in [0.2, 0.25) is 0 Å². The smallest absolute Gasteiger partial charge is 0.0229 e. The van der Waals surface area contributed by atoms with Crippen molar-refractivity contribution in [3.8, 4) is 0 Å². The Labute approximate surface area is 74.6 Å². The Morgan fingerprint density at radius 1 is 1.50 bits per heavy atom. The van der Waals surface area contributed by atoms with Crippen molar-refractivity contribution in [1.82, 2.24) is 0 Å². The molecule has 0 aromatic carbocycles. The van der Waals surface area contributed by atoms with Gasteiger partial charge in [-0.3, -0.25) is 4.99 Å². The maximum atomic E-state index is 5.44. The van der Waals surface area contributed by atoms with Gasteiger partial charge < -0.3 is 5.73 Å². The molecule has 0 aromatic heterocycles. The van der Waals surface area contributed by atoms with Gasteiger partial charge in [-0.15, -0.1) is 0 Å². The Hall–Kier alpha value is -0.630. The minimum Gasteiger partial charge on any atom is -0.330 e. The van der Waals surface area contributed by atoms with Crippen molar-refractivity contribution in [1.29, 1.82) is 0 Å². The molecule has 12 heavy (non-hydrogen) atoms. The summed E-state index contributed by atoms with van der Waals surface area (Å²) in [6.45, 7) is 3.10. The summed E-state index contributed by atoms with van der Waals surface area (Å²) in [7, 11) is 0. The van der Waals surface area contributed by atoms with Gasteiger partial charge in [-0.2, -0.15) is 0 Å². The van der Waals surface area contributed by atoms with Crippen LogP contribution in [0, 0.1) is 5.41 Å². The van der Waals surface area contributed by atoms with E-state index >= 15 is 0 Å². The van der Waals surface area contributed by atoms with Crippen LogP contribution in [0.5, 0.6) is 0 Å². The van der Waals surface area contributed by atoms with Crippen LogP contribution in [0.1, 0.15) is 32.6 Å². The van der Waals surface area contributed by atoms with Gasteiger partial charge in [0.1, 0.15) is 0 Å². The first kappa shape index (κ1) is 9.46. The van der Waals surface area contributed by atoms with E-state index in [1.54, 1.807) is 0 Å². The molecular formula is C10H18N2. The SMILES string of the molecule is CC1(CCCCN)C=CN=CC1. The largest absolute Gasteiger partial charge is 0.330 e. The second-order valence-corrected chi connectivity index (χ2v) is 3.75. The van der Waals surface area contributed by atoms with Crippen molar-refractivity contribution < 1.29 is 0 Å². The van der Waals surface area contributed by atoms with Crippen LogP contribution in [0.4, 0.5) is 0 Å². The highest BCUT2D eigenvalue weighted by atomic mass is 14.7. The summed E-state index contributed by atoms with van der Waals surface area (Å²) >= 11 is 0. The Bertz CT molecular complexity index is 184.